The second-order valence-corrected chi connectivity index (χ2v) is 7.64. The highest BCUT2D eigenvalue weighted by Crippen LogP contribution is 2.37. The molecule has 0 radical (unpaired) electrons. The van der Waals surface area contributed by atoms with Crippen molar-refractivity contribution in [2.45, 2.75) is 25.4 Å². The highest BCUT2D eigenvalue weighted by molar-refractivity contribution is 7.18. The van der Waals surface area contributed by atoms with E-state index in [1.807, 2.05) is 24.3 Å². The van der Waals surface area contributed by atoms with Crippen molar-refractivity contribution in [1.29, 1.82) is 0 Å². The van der Waals surface area contributed by atoms with Crippen LogP contribution in [0.2, 0.25) is 5.02 Å². The molecule has 4 nitrogen and oxygen atoms in total. The predicted octanol–water partition coefficient (Wildman–Crippen LogP) is 4.14. The predicted molar refractivity (Wildman–Crippen MR) is 98.9 cm³/mol. The third kappa shape index (κ3) is 2.66. The molecule has 1 aliphatic heterocycles. The van der Waals surface area contributed by atoms with Gasteiger partial charge in [0.05, 0.1) is 15.8 Å². The maximum Gasteiger partial charge on any atom is 0.150 e. The lowest BCUT2D eigenvalue weighted by Crippen LogP contribution is -2.43. The molecule has 0 spiro atoms. The minimum Gasteiger partial charge on any atom is -0.385 e. The van der Waals surface area contributed by atoms with E-state index < -0.39 is 5.60 Å². The van der Waals surface area contributed by atoms with Crippen LogP contribution >= 0.6 is 22.9 Å². The summed E-state index contributed by atoms with van der Waals surface area (Å²) in [6, 6.07) is 7.51. The summed E-state index contributed by atoms with van der Waals surface area (Å²) in [5.74, 6) is 0.983. The second kappa shape index (κ2) is 5.99. The molecule has 6 heteroatoms. The minimum atomic E-state index is -0.793. The first-order valence-corrected chi connectivity index (χ1v) is 9.25. The average molecular weight is 360 g/mol. The molecule has 24 heavy (non-hydrogen) atoms. The maximum absolute atomic E-state index is 11.0. The second-order valence-electron chi connectivity index (χ2n) is 6.32. The summed E-state index contributed by atoms with van der Waals surface area (Å²) in [5, 5.41) is 13.8. The lowest BCUT2D eigenvalue weighted by Gasteiger charge is -2.39. The molecule has 1 fully saturated rings. The number of halogens is 1. The zero-order chi connectivity index (χ0) is 16.7. The van der Waals surface area contributed by atoms with E-state index in [0.29, 0.717) is 17.9 Å². The molecule has 0 aliphatic carbocycles. The van der Waals surface area contributed by atoms with E-state index in [1.54, 1.807) is 17.7 Å². The third-order valence-corrected chi connectivity index (χ3v) is 6.12. The van der Waals surface area contributed by atoms with Crippen molar-refractivity contribution in [3.63, 3.8) is 0 Å². The molecule has 3 aromatic rings. The van der Waals surface area contributed by atoms with Gasteiger partial charge in [0.2, 0.25) is 0 Å². The number of nitrogens with zero attached hydrogens (tertiary/aromatic N) is 3. The van der Waals surface area contributed by atoms with Crippen LogP contribution in [0.5, 0.6) is 0 Å². The van der Waals surface area contributed by atoms with Crippen molar-refractivity contribution in [3.05, 3.63) is 52.1 Å². The number of piperidine rings is 1. The van der Waals surface area contributed by atoms with Gasteiger partial charge in [-0.05, 0) is 48.4 Å². The van der Waals surface area contributed by atoms with Crippen molar-refractivity contribution >= 4 is 39.0 Å². The SMILES string of the molecule is Cc1csc2c(N3CCC(O)(c4ccc(Cl)cc4)CC3)ncnc12. The molecule has 0 unspecified atom stereocenters. The number of rotatable bonds is 2. The van der Waals surface area contributed by atoms with E-state index in [1.165, 1.54) is 5.56 Å². The number of aromatic nitrogens is 2. The van der Waals surface area contributed by atoms with Gasteiger partial charge in [0.15, 0.2) is 0 Å². The smallest absolute Gasteiger partial charge is 0.150 e. The van der Waals surface area contributed by atoms with Crippen molar-refractivity contribution in [2.24, 2.45) is 0 Å². The Kier molecular flexibility index (Phi) is 3.95. The lowest BCUT2D eigenvalue weighted by molar-refractivity contribution is 0.0117. The van der Waals surface area contributed by atoms with Gasteiger partial charge in [-0.3, -0.25) is 0 Å². The molecule has 1 aromatic carbocycles. The Hall–Kier alpha value is -1.69. The Morgan fingerprint density at radius 3 is 2.58 bits per heavy atom. The Bertz CT molecular complexity index is 870. The monoisotopic (exact) mass is 359 g/mol. The highest BCUT2D eigenvalue weighted by Gasteiger charge is 2.34. The number of hydrogen-bond acceptors (Lipinski definition) is 5. The van der Waals surface area contributed by atoms with Crippen LogP contribution in [0, 0.1) is 6.92 Å². The van der Waals surface area contributed by atoms with Crippen LogP contribution < -0.4 is 4.90 Å². The van der Waals surface area contributed by atoms with Crippen LogP contribution in [0.15, 0.2) is 36.0 Å². The zero-order valence-corrected chi connectivity index (χ0v) is 14.9. The van der Waals surface area contributed by atoms with Crippen LogP contribution in [0.1, 0.15) is 24.0 Å². The van der Waals surface area contributed by atoms with Crippen molar-refractivity contribution in [3.8, 4) is 0 Å². The van der Waals surface area contributed by atoms with Gasteiger partial charge < -0.3 is 10.0 Å². The van der Waals surface area contributed by atoms with Gasteiger partial charge in [-0.1, -0.05) is 23.7 Å². The number of hydrogen-bond donors (Lipinski definition) is 1. The van der Waals surface area contributed by atoms with Gasteiger partial charge >= 0.3 is 0 Å². The van der Waals surface area contributed by atoms with Gasteiger partial charge in [-0.2, -0.15) is 0 Å². The molecule has 0 bridgehead atoms. The van der Waals surface area contributed by atoms with Gasteiger partial charge in [0.1, 0.15) is 12.1 Å². The summed E-state index contributed by atoms with van der Waals surface area (Å²) in [7, 11) is 0. The van der Waals surface area contributed by atoms with Crippen LogP contribution in [0.25, 0.3) is 10.2 Å². The summed E-state index contributed by atoms with van der Waals surface area (Å²) in [6.45, 7) is 3.61. The molecule has 3 heterocycles. The van der Waals surface area contributed by atoms with E-state index >= 15 is 0 Å². The van der Waals surface area contributed by atoms with E-state index in [0.717, 1.165) is 34.7 Å². The maximum atomic E-state index is 11.0. The summed E-state index contributed by atoms with van der Waals surface area (Å²) in [5.41, 5.74) is 2.36. The van der Waals surface area contributed by atoms with E-state index in [9.17, 15) is 5.11 Å². The first-order chi connectivity index (χ1) is 11.6. The van der Waals surface area contributed by atoms with Gasteiger partial charge in [0.25, 0.3) is 0 Å². The van der Waals surface area contributed by atoms with E-state index in [-0.39, 0.29) is 0 Å². The Labute approximate surface area is 149 Å². The van der Waals surface area contributed by atoms with Crippen LogP contribution in [0.3, 0.4) is 0 Å². The van der Waals surface area contributed by atoms with Crippen LogP contribution in [0.4, 0.5) is 5.82 Å². The van der Waals surface area contributed by atoms with E-state index in [2.05, 4.69) is 27.2 Å². The molecule has 0 atom stereocenters. The largest absolute Gasteiger partial charge is 0.385 e. The summed E-state index contributed by atoms with van der Waals surface area (Å²) < 4.78 is 1.13. The number of thiophene rings is 1. The molecule has 1 aliphatic rings. The first kappa shape index (κ1) is 15.8. The number of benzene rings is 1. The van der Waals surface area contributed by atoms with Crippen molar-refractivity contribution < 1.29 is 5.11 Å². The topological polar surface area (TPSA) is 49.2 Å². The van der Waals surface area contributed by atoms with Crippen molar-refractivity contribution in [1.82, 2.24) is 9.97 Å². The lowest BCUT2D eigenvalue weighted by atomic mass is 9.84. The minimum absolute atomic E-state index is 0.671. The molecule has 124 valence electrons. The Balaban J connectivity index is 1.58. The van der Waals surface area contributed by atoms with Gasteiger partial charge in [0, 0.05) is 18.1 Å². The molecule has 0 amide bonds. The standard InChI is InChI=1S/C18H18ClN3OS/c1-12-10-24-16-15(12)20-11-21-17(16)22-8-6-18(23,7-9-22)13-2-4-14(19)5-3-13/h2-5,10-11,23H,6-9H2,1H3. The fraction of sp³-hybridized carbons (Fsp3) is 0.333. The van der Waals surface area contributed by atoms with Crippen molar-refractivity contribution in [2.75, 3.05) is 18.0 Å². The molecule has 2 aromatic heterocycles. The first-order valence-electron chi connectivity index (χ1n) is 7.99. The van der Waals surface area contributed by atoms with Gasteiger partial charge in [-0.15, -0.1) is 11.3 Å². The molecule has 0 saturated carbocycles. The molecular weight excluding hydrogens is 342 g/mol. The normalized spacial score (nSPS) is 17.4. The summed E-state index contributed by atoms with van der Waals surface area (Å²) >= 11 is 7.64. The molecular formula is C18H18ClN3OS. The fourth-order valence-corrected chi connectivity index (χ4v) is 4.46. The number of aliphatic hydroxyl groups is 1. The molecule has 1 N–H and O–H groups in total. The molecule has 4 rings (SSSR count). The summed E-state index contributed by atoms with van der Waals surface area (Å²) in [6.07, 6.45) is 2.98. The zero-order valence-electron chi connectivity index (χ0n) is 13.4. The average Bonchev–Trinajstić information content (AvgIpc) is 2.98. The Morgan fingerprint density at radius 2 is 1.88 bits per heavy atom. The highest BCUT2D eigenvalue weighted by atomic mass is 35.5. The fourth-order valence-electron chi connectivity index (χ4n) is 3.32. The van der Waals surface area contributed by atoms with Gasteiger partial charge in [-0.25, -0.2) is 9.97 Å². The quantitative estimate of drug-likeness (QED) is 0.747. The number of aryl methyl sites for hydroxylation is 1. The molecule has 1 saturated heterocycles. The third-order valence-electron chi connectivity index (χ3n) is 4.78. The van der Waals surface area contributed by atoms with Crippen LogP contribution in [-0.2, 0) is 5.60 Å². The van der Waals surface area contributed by atoms with Crippen LogP contribution in [-0.4, -0.2) is 28.2 Å². The number of anilines is 1. The number of fused-ring (bicyclic) bond motifs is 1. The summed E-state index contributed by atoms with van der Waals surface area (Å²) in [4.78, 5) is 11.1. The Morgan fingerprint density at radius 1 is 1.17 bits per heavy atom. The van der Waals surface area contributed by atoms with E-state index in [4.69, 9.17) is 11.6 Å².